The Morgan fingerprint density at radius 3 is 2.68 bits per heavy atom. The van der Waals surface area contributed by atoms with E-state index in [2.05, 4.69) is 43.3 Å². The molecular weight excluding hydrogens is 489 g/mol. The van der Waals surface area contributed by atoms with Gasteiger partial charge in [-0.2, -0.15) is 0 Å². The molecule has 1 atom stereocenters. The van der Waals surface area contributed by atoms with Crippen molar-refractivity contribution in [3.05, 3.63) is 34.0 Å². The molecule has 0 saturated heterocycles. The number of guanidine groups is 1. The SMILES string of the molecule is Cc1nnc(CN=C(NCCc2cccs2)NCC(C)(O)CN(C)C)n1C.I. The van der Waals surface area contributed by atoms with Crippen LogP contribution in [0.2, 0.25) is 0 Å². The van der Waals surface area contributed by atoms with Gasteiger partial charge in [0.15, 0.2) is 11.8 Å². The molecule has 0 fully saturated rings. The maximum atomic E-state index is 10.5. The number of nitrogens with one attached hydrogen (secondary N) is 2. The Labute approximate surface area is 188 Å². The van der Waals surface area contributed by atoms with Crippen LogP contribution >= 0.6 is 35.3 Å². The third-order valence-corrected chi connectivity index (χ3v) is 5.03. The third kappa shape index (κ3) is 8.41. The van der Waals surface area contributed by atoms with Gasteiger partial charge in [0, 0.05) is 31.6 Å². The van der Waals surface area contributed by atoms with Gasteiger partial charge in [0.05, 0.1) is 5.60 Å². The maximum Gasteiger partial charge on any atom is 0.191 e. The van der Waals surface area contributed by atoms with Gasteiger partial charge in [0.2, 0.25) is 0 Å². The smallest absolute Gasteiger partial charge is 0.191 e. The van der Waals surface area contributed by atoms with E-state index in [0.29, 0.717) is 25.6 Å². The van der Waals surface area contributed by atoms with Crippen molar-refractivity contribution >= 4 is 41.3 Å². The molecule has 3 N–H and O–H groups in total. The van der Waals surface area contributed by atoms with E-state index >= 15 is 0 Å². The molecule has 0 aromatic carbocycles. The Hall–Kier alpha value is -1.24. The molecule has 2 aromatic heterocycles. The minimum absolute atomic E-state index is 0. The normalized spacial score (nSPS) is 13.9. The summed E-state index contributed by atoms with van der Waals surface area (Å²) in [6.07, 6.45) is 0.926. The van der Waals surface area contributed by atoms with Gasteiger partial charge < -0.3 is 25.2 Å². The number of rotatable bonds is 9. The summed E-state index contributed by atoms with van der Waals surface area (Å²) in [7, 11) is 5.82. The van der Waals surface area contributed by atoms with Crippen LogP contribution in [0.1, 0.15) is 23.4 Å². The zero-order valence-corrected chi connectivity index (χ0v) is 20.4. The molecule has 0 aliphatic rings. The number of thiophene rings is 1. The van der Waals surface area contributed by atoms with Crippen molar-refractivity contribution in [1.82, 2.24) is 30.3 Å². The Bertz CT molecular complexity index is 728. The number of aliphatic imine (C=N–C) groups is 1. The van der Waals surface area contributed by atoms with Crippen LogP contribution in [0.15, 0.2) is 22.5 Å². The van der Waals surface area contributed by atoms with Crippen LogP contribution in [0.25, 0.3) is 0 Å². The zero-order chi connectivity index (χ0) is 19.9. The molecule has 28 heavy (non-hydrogen) atoms. The van der Waals surface area contributed by atoms with E-state index in [1.807, 2.05) is 44.5 Å². The number of halogens is 1. The fourth-order valence-electron chi connectivity index (χ4n) is 2.68. The van der Waals surface area contributed by atoms with Gasteiger partial charge in [-0.05, 0) is 45.8 Å². The highest BCUT2D eigenvalue weighted by atomic mass is 127. The van der Waals surface area contributed by atoms with E-state index in [1.165, 1.54) is 4.88 Å². The van der Waals surface area contributed by atoms with E-state index in [0.717, 1.165) is 24.6 Å². The quantitative estimate of drug-likeness (QED) is 0.263. The lowest BCUT2D eigenvalue weighted by Crippen LogP contribution is -2.50. The number of aryl methyl sites for hydroxylation is 1. The molecule has 1 unspecified atom stereocenters. The van der Waals surface area contributed by atoms with Crippen molar-refractivity contribution in [1.29, 1.82) is 0 Å². The minimum atomic E-state index is -0.860. The topological polar surface area (TPSA) is 90.6 Å². The lowest BCUT2D eigenvalue weighted by molar-refractivity contribution is 0.0377. The number of hydrogen-bond donors (Lipinski definition) is 3. The molecular formula is C18H32IN7OS. The van der Waals surface area contributed by atoms with E-state index in [1.54, 1.807) is 11.3 Å². The van der Waals surface area contributed by atoms with Gasteiger partial charge in [0.1, 0.15) is 12.4 Å². The molecule has 0 amide bonds. The summed E-state index contributed by atoms with van der Waals surface area (Å²) < 4.78 is 1.93. The van der Waals surface area contributed by atoms with E-state index in [4.69, 9.17) is 0 Å². The molecule has 0 spiro atoms. The van der Waals surface area contributed by atoms with Gasteiger partial charge in [-0.25, -0.2) is 4.99 Å². The molecule has 2 heterocycles. The predicted molar refractivity (Wildman–Crippen MR) is 126 cm³/mol. The van der Waals surface area contributed by atoms with Crippen LogP contribution in [0.3, 0.4) is 0 Å². The third-order valence-electron chi connectivity index (χ3n) is 4.10. The van der Waals surface area contributed by atoms with Crippen LogP contribution in [0.5, 0.6) is 0 Å². The standard InChI is InChI=1S/C18H31N7OS.HI/c1-14-22-23-16(25(14)5)11-20-17(19-9-8-15-7-6-10-27-15)21-12-18(2,26)13-24(3)4;/h6-7,10,26H,8-9,11-13H2,1-5H3,(H2,19,20,21);1H. The summed E-state index contributed by atoms with van der Waals surface area (Å²) in [5, 5.41) is 27.4. The first kappa shape index (κ1) is 24.8. The molecule has 158 valence electrons. The van der Waals surface area contributed by atoms with Crippen molar-refractivity contribution in [3.8, 4) is 0 Å². The largest absolute Gasteiger partial charge is 0.387 e. The van der Waals surface area contributed by atoms with Crippen molar-refractivity contribution in [3.63, 3.8) is 0 Å². The summed E-state index contributed by atoms with van der Waals surface area (Å²) in [5.74, 6) is 2.31. The predicted octanol–water partition coefficient (Wildman–Crippen LogP) is 1.39. The Morgan fingerprint density at radius 2 is 2.11 bits per heavy atom. The monoisotopic (exact) mass is 521 g/mol. The van der Waals surface area contributed by atoms with Crippen molar-refractivity contribution < 1.29 is 5.11 Å². The number of likely N-dealkylation sites (N-methyl/N-ethyl adjacent to an activating group) is 1. The fourth-order valence-corrected chi connectivity index (χ4v) is 3.39. The molecule has 2 aromatic rings. The lowest BCUT2D eigenvalue weighted by Gasteiger charge is -2.28. The van der Waals surface area contributed by atoms with E-state index in [-0.39, 0.29) is 24.0 Å². The molecule has 2 rings (SSSR count). The van der Waals surface area contributed by atoms with E-state index in [9.17, 15) is 5.11 Å². The highest BCUT2D eigenvalue weighted by Gasteiger charge is 2.21. The summed E-state index contributed by atoms with van der Waals surface area (Å²) in [6, 6.07) is 4.18. The highest BCUT2D eigenvalue weighted by molar-refractivity contribution is 14.0. The van der Waals surface area contributed by atoms with Crippen molar-refractivity contribution in [2.45, 2.75) is 32.4 Å². The minimum Gasteiger partial charge on any atom is -0.387 e. The summed E-state index contributed by atoms with van der Waals surface area (Å²) >= 11 is 1.75. The van der Waals surface area contributed by atoms with Crippen LogP contribution in [0.4, 0.5) is 0 Å². The van der Waals surface area contributed by atoms with Gasteiger partial charge in [-0.1, -0.05) is 6.07 Å². The first-order chi connectivity index (χ1) is 12.8. The lowest BCUT2D eigenvalue weighted by atomic mass is 10.1. The second-order valence-corrected chi connectivity index (χ2v) is 8.26. The molecule has 0 radical (unpaired) electrons. The number of hydrogen-bond acceptors (Lipinski definition) is 6. The molecule has 0 bridgehead atoms. The second kappa shape index (κ2) is 11.7. The first-order valence-corrected chi connectivity index (χ1v) is 9.91. The summed E-state index contributed by atoms with van der Waals surface area (Å²) in [6.45, 7) is 5.87. The molecule has 8 nitrogen and oxygen atoms in total. The van der Waals surface area contributed by atoms with Gasteiger partial charge in [-0.3, -0.25) is 0 Å². The van der Waals surface area contributed by atoms with Gasteiger partial charge in [-0.15, -0.1) is 45.5 Å². The fraction of sp³-hybridized carbons (Fsp3) is 0.611. The van der Waals surface area contributed by atoms with Crippen LogP contribution < -0.4 is 10.6 Å². The van der Waals surface area contributed by atoms with E-state index < -0.39 is 5.60 Å². The van der Waals surface area contributed by atoms with Gasteiger partial charge >= 0.3 is 0 Å². The average Bonchev–Trinajstić information content (AvgIpc) is 3.20. The van der Waals surface area contributed by atoms with Crippen LogP contribution in [0, 0.1) is 6.92 Å². The summed E-state index contributed by atoms with van der Waals surface area (Å²) in [4.78, 5) is 7.91. The molecule has 0 aliphatic heterocycles. The zero-order valence-electron chi connectivity index (χ0n) is 17.3. The molecule has 0 saturated carbocycles. The Balaban J connectivity index is 0.00000392. The second-order valence-electron chi connectivity index (χ2n) is 7.23. The first-order valence-electron chi connectivity index (χ1n) is 9.03. The van der Waals surface area contributed by atoms with Gasteiger partial charge in [0.25, 0.3) is 0 Å². The van der Waals surface area contributed by atoms with Crippen molar-refractivity contribution in [2.24, 2.45) is 12.0 Å². The van der Waals surface area contributed by atoms with Crippen LogP contribution in [-0.4, -0.2) is 70.1 Å². The van der Waals surface area contributed by atoms with Crippen LogP contribution in [-0.2, 0) is 20.0 Å². The average molecular weight is 521 g/mol. The number of nitrogens with zero attached hydrogens (tertiary/aromatic N) is 5. The Kier molecular flexibility index (Phi) is 10.4. The summed E-state index contributed by atoms with van der Waals surface area (Å²) in [5.41, 5.74) is -0.860. The number of aromatic nitrogens is 3. The Morgan fingerprint density at radius 1 is 1.36 bits per heavy atom. The van der Waals surface area contributed by atoms with Crippen molar-refractivity contribution in [2.75, 3.05) is 33.7 Å². The highest BCUT2D eigenvalue weighted by Crippen LogP contribution is 2.08. The maximum absolute atomic E-state index is 10.5. The molecule has 0 aliphatic carbocycles. The molecule has 10 heteroatoms. The number of aliphatic hydroxyl groups is 1.